The fraction of sp³-hybridized carbons (Fsp3) is 0.333. The molecule has 3 aromatic rings. The second-order valence-corrected chi connectivity index (χ2v) is 7.59. The second-order valence-electron chi connectivity index (χ2n) is 7.59. The highest BCUT2D eigenvalue weighted by molar-refractivity contribution is 5.43. The summed E-state index contributed by atoms with van der Waals surface area (Å²) in [5, 5.41) is 0. The van der Waals surface area contributed by atoms with Crippen LogP contribution in [0.15, 0.2) is 60.7 Å². The van der Waals surface area contributed by atoms with Crippen molar-refractivity contribution in [2.24, 2.45) is 0 Å². The van der Waals surface area contributed by atoms with Gasteiger partial charge in [0.2, 0.25) is 0 Å². The third-order valence-corrected chi connectivity index (χ3v) is 5.69. The van der Waals surface area contributed by atoms with E-state index in [4.69, 9.17) is 0 Å². The van der Waals surface area contributed by atoms with Crippen LogP contribution in [-0.4, -0.2) is 0 Å². The van der Waals surface area contributed by atoms with Crippen LogP contribution in [0.25, 0.3) is 0 Å². The number of benzene rings is 3. The van der Waals surface area contributed by atoms with E-state index < -0.39 is 0 Å². The molecule has 0 aliphatic heterocycles. The molecule has 0 saturated carbocycles. The monoisotopic (exact) mass is 356 g/mol. The molecule has 0 bridgehead atoms. The van der Waals surface area contributed by atoms with Gasteiger partial charge in [0.1, 0.15) is 0 Å². The van der Waals surface area contributed by atoms with Gasteiger partial charge in [0.15, 0.2) is 0 Å². The third kappa shape index (κ3) is 4.89. The van der Waals surface area contributed by atoms with Crippen molar-refractivity contribution < 1.29 is 0 Å². The highest BCUT2D eigenvalue weighted by Gasteiger charge is 2.09. The van der Waals surface area contributed by atoms with Crippen LogP contribution in [-0.2, 0) is 32.1 Å². The van der Waals surface area contributed by atoms with Crippen molar-refractivity contribution in [2.45, 2.75) is 59.8 Å². The summed E-state index contributed by atoms with van der Waals surface area (Å²) >= 11 is 0. The maximum atomic E-state index is 2.44. The van der Waals surface area contributed by atoms with Crippen molar-refractivity contribution in [3.05, 3.63) is 105 Å². The van der Waals surface area contributed by atoms with Gasteiger partial charge in [-0.15, -0.1) is 0 Å². The average Bonchev–Trinajstić information content (AvgIpc) is 2.71. The molecule has 0 aliphatic carbocycles. The summed E-state index contributed by atoms with van der Waals surface area (Å²) in [6.45, 7) is 8.95. The molecule has 0 nitrogen and oxygen atoms in total. The summed E-state index contributed by atoms with van der Waals surface area (Å²) in [5.74, 6) is 0. The van der Waals surface area contributed by atoms with E-state index in [1.54, 1.807) is 0 Å². The predicted octanol–water partition coefficient (Wildman–Crippen LogP) is 6.86. The number of rotatable bonds is 7. The molecule has 0 atom stereocenters. The van der Waals surface area contributed by atoms with Crippen molar-refractivity contribution in [2.75, 3.05) is 0 Å². The predicted molar refractivity (Wildman–Crippen MR) is 118 cm³/mol. The lowest BCUT2D eigenvalue weighted by molar-refractivity contribution is 1.02. The molecule has 0 fully saturated rings. The first-order valence-corrected chi connectivity index (χ1v) is 10.4. The fourth-order valence-electron chi connectivity index (χ4n) is 3.77. The second kappa shape index (κ2) is 9.04. The Balaban J connectivity index is 1.82. The van der Waals surface area contributed by atoms with Crippen LogP contribution in [0.4, 0.5) is 0 Å². The molecule has 0 amide bonds. The number of hydrogen-bond donors (Lipinski definition) is 0. The van der Waals surface area contributed by atoms with Crippen molar-refractivity contribution in [1.82, 2.24) is 0 Å². The minimum atomic E-state index is 1.02. The van der Waals surface area contributed by atoms with Gasteiger partial charge >= 0.3 is 0 Å². The molecule has 0 radical (unpaired) electrons. The minimum Gasteiger partial charge on any atom is -0.0613 e. The summed E-state index contributed by atoms with van der Waals surface area (Å²) < 4.78 is 0. The van der Waals surface area contributed by atoms with Gasteiger partial charge in [0.05, 0.1) is 0 Å². The maximum absolute atomic E-state index is 2.44. The van der Waals surface area contributed by atoms with Gasteiger partial charge in [-0.2, -0.15) is 0 Å². The van der Waals surface area contributed by atoms with Crippen molar-refractivity contribution >= 4 is 0 Å². The van der Waals surface area contributed by atoms with Crippen molar-refractivity contribution in [3.8, 4) is 0 Å². The fourth-order valence-corrected chi connectivity index (χ4v) is 3.77. The van der Waals surface area contributed by atoms with E-state index in [9.17, 15) is 0 Å². The zero-order valence-electron chi connectivity index (χ0n) is 17.3. The van der Waals surface area contributed by atoms with E-state index in [1.165, 1.54) is 44.5 Å². The first-order valence-electron chi connectivity index (χ1n) is 10.4. The Hall–Kier alpha value is -2.34. The SMILES string of the molecule is CCc1ccc(Cc2cc(CC)c(Cc3ccc(CC)cc3)cc2C)cc1. The molecule has 0 aromatic heterocycles. The van der Waals surface area contributed by atoms with E-state index in [2.05, 4.69) is 88.4 Å². The lowest BCUT2D eigenvalue weighted by atomic mass is 9.90. The van der Waals surface area contributed by atoms with Crippen LogP contribution in [0.1, 0.15) is 65.3 Å². The summed E-state index contributed by atoms with van der Waals surface area (Å²) in [4.78, 5) is 0. The number of hydrogen-bond acceptors (Lipinski definition) is 0. The Morgan fingerprint density at radius 2 is 0.926 bits per heavy atom. The molecule has 0 N–H and O–H groups in total. The van der Waals surface area contributed by atoms with E-state index in [0.717, 1.165) is 32.1 Å². The summed E-state index contributed by atoms with van der Waals surface area (Å²) in [5.41, 5.74) is 11.5. The summed E-state index contributed by atoms with van der Waals surface area (Å²) in [6, 6.07) is 23.1. The van der Waals surface area contributed by atoms with Crippen molar-refractivity contribution in [3.63, 3.8) is 0 Å². The standard InChI is InChI=1S/C27H32/c1-5-21-8-12-23(13-9-21)17-26-19-25(7-3)27(16-20(26)4)18-24-14-10-22(6-2)11-15-24/h8-16,19H,5-7,17-18H2,1-4H3. The Kier molecular flexibility index (Phi) is 6.50. The molecule has 140 valence electrons. The molecule has 0 unspecified atom stereocenters. The molecule has 27 heavy (non-hydrogen) atoms. The van der Waals surface area contributed by atoms with E-state index in [0.29, 0.717) is 0 Å². The van der Waals surface area contributed by atoms with Gasteiger partial charge in [-0.1, -0.05) is 81.4 Å². The first-order chi connectivity index (χ1) is 13.1. The van der Waals surface area contributed by atoms with Gasteiger partial charge in [0.25, 0.3) is 0 Å². The Morgan fingerprint density at radius 1 is 0.481 bits per heavy atom. The number of aryl methyl sites for hydroxylation is 4. The molecular formula is C27H32. The normalized spacial score (nSPS) is 11.0. The van der Waals surface area contributed by atoms with E-state index >= 15 is 0 Å². The molecule has 0 heterocycles. The zero-order chi connectivity index (χ0) is 19.2. The van der Waals surface area contributed by atoms with Gasteiger partial charge in [-0.25, -0.2) is 0 Å². The van der Waals surface area contributed by atoms with E-state index in [1.807, 2.05) is 0 Å². The van der Waals surface area contributed by atoms with Crippen LogP contribution in [0.5, 0.6) is 0 Å². The molecule has 0 heteroatoms. The van der Waals surface area contributed by atoms with Crippen LogP contribution >= 0.6 is 0 Å². The van der Waals surface area contributed by atoms with Crippen LogP contribution < -0.4 is 0 Å². The maximum Gasteiger partial charge on any atom is -0.00229 e. The lowest BCUT2D eigenvalue weighted by Crippen LogP contribution is -2.01. The topological polar surface area (TPSA) is 0 Å². The Morgan fingerprint density at radius 3 is 1.37 bits per heavy atom. The molecule has 3 rings (SSSR count). The molecular weight excluding hydrogens is 324 g/mol. The highest BCUT2D eigenvalue weighted by Crippen LogP contribution is 2.23. The third-order valence-electron chi connectivity index (χ3n) is 5.69. The average molecular weight is 357 g/mol. The van der Waals surface area contributed by atoms with Gasteiger partial charge < -0.3 is 0 Å². The highest BCUT2D eigenvalue weighted by atomic mass is 14.1. The molecule has 0 saturated heterocycles. The van der Waals surface area contributed by atoms with Crippen LogP contribution in [0.2, 0.25) is 0 Å². The van der Waals surface area contributed by atoms with Crippen LogP contribution in [0.3, 0.4) is 0 Å². The molecule has 0 aliphatic rings. The quantitative estimate of drug-likeness (QED) is 0.433. The molecule has 0 spiro atoms. The zero-order valence-corrected chi connectivity index (χ0v) is 17.3. The summed E-state index contributed by atoms with van der Waals surface area (Å²) in [6.07, 6.45) is 5.35. The Bertz CT molecular complexity index is 867. The largest absolute Gasteiger partial charge is 0.0613 e. The summed E-state index contributed by atoms with van der Waals surface area (Å²) in [7, 11) is 0. The first kappa shape index (κ1) is 19.4. The smallest absolute Gasteiger partial charge is 0.00229 e. The van der Waals surface area contributed by atoms with Gasteiger partial charge in [-0.05, 0) is 83.5 Å². The van der Waals surface area contributed by atoms with Crippen LogP contribution in [0, 0.1) is 6.92 Å². The van der Waals surface area contributed by atoms with Gasteiger partial charge in [0, 0.05) is 0 Å². The van der Waals surface area contributed by atoms with E-state index in [-0.39, 0.29) is 0 Å². The lowest BCUT2D eigenvalue weighted by Gasteiger charge is -2.15. The van der Waals surface area contributed by atoms with Crippen molar-refractivity contribution in [1.29, 1.82) is 0 Å². The minimum absolute atomic E-state index is 1.02. The van der Waals surface area contributed by atoms with Gasteiger partial charge in [-0.3, -0.25) is 0 Å². The molecule has 3 aromatic carbocycles. The Labute approximate surface area is 165 Å².